The van der Waals surface area contributed by atoms with Crippen LogP contribution < -0.4 is 16.6 Å². The first-order valence-corrected chi connectivity index (χ1v) is 11.5. The van der Waals surface area contributed by atoms with Crippen molar-refractivity contribution >= 4 is 17.5 Å². The van der Waals surface area contributed by atoms with Crippen LogP contribution in [0.25, 0.3) is 0 Å². The van der Waals surface area contributed by atoms with Gasteiger partial charge in [0, 0.05) is 24.3 Å². The molecule has 1 saturated heterocycles. The van der Waals surface area contributed by atoms with Gasteiger partial charge in [0.15, 0.2) is 0 Å². The van der Waals surface area contributed by atoms with Gasteiger partial charge in [-0.25, -0.2) is 4.79 Å². The summed E-state index contributed by atoms with van der Waals surface area (Å²) >= 11 is 6.16. The Morgan fingerprint density at radius 3 is 2.42 bits per heavy atom. The smallest absolute Gasteiger partial charge is 0.328 e. The van der Waals surface area contributed by atoms with E-state index in [-0.39, 0.29) is 12.1 Å². The van der Waals surface area contributed by atoms with Gasteiger partial charge in [0.05, 0.1) is 6.54 Å². The van der Waals surface area contributed by atoms with Crippen LogP contribution in [0, 0.1) is 5.92 Å². The normalized spacial score (nSPS) is 14.8. The molecular weight excluding hydrogens is 440 g/mol. The quantitative estimate of drug-likeness (QED) is 0.560. The minimum absolute atomic E-state index is 0.00512. The summed E-state index contributed by atoms with van der Waals surface area (Å²) in [5.74, 6) is -0.120. The van der Waals surface area contributed by atoms with E-state index in [9.17, 15) is 14.4 Å². The Kier molecular flexibility index (Phi) is 7.42. The number of likely N-dealkylation sites (tertiary alicyclic amines) is 1. The third-order valence-corrected chi connectivity index (χ3v) is 6.47. The Morgan fingerprint density at radius 2 is 1.70 bits per heavy atom. The zero-order valence-corrected chi connectivity index (χ0v) is 19.1. The van der Waals surface area contributed by atoms with Crippen molar-refractivity contribution in [2.45, 2.75) is 25.9 Å². The molecule has 7 nitrogen and oxygen atoms in total. The number of aromatic amines is 1. The summed E-state index contributed by atoms with van der Waals surface area (Å²) in [5, 5.41) is 3.33. The van der Waals surface area contributed by atoms with Crippen molar-refractivity contribution in [3.63, 3.8) is 0 Å². The van der Waals surface area contributed by atoms with Crippen molar-refractivity contribution in [1.29, 1.82) is 0 Å². The Morgan fingerprint density at radius 1 is 1.00 bits per heavy atom. The molecule has 172 valence electrons. The molecule has 4 rings (SSSR count). The Labute approximate surface area is 197 Å². The number of hydrogen-bond donors (Lipinski definition) is 2. The van der Waals surface area contributed by atoms with Gasteiger partial charge in [-0.15, -0.1) is 0 Å². The van der Waals surface area contributed by atoms with E-state index >= 15 is 0 Å². The highest BCUT2D eigenvalue weighted by molar-refractivity contribution is 6.31. The lowest BCUT2D eigenvalue weighted by Crippen LogP contribution is -2.42. The SMILES string of the molecule is O=C(NCC1CCN(Cc2ccccc2)CC1)c1c[nH]c(=O)n(Cc2ccccc2Cl)c1=O. The van der Waals surface area contributed by atoms with E-state index in [0.29, 0.717) is 23.0 Å². The van der Waals surface area contributed by atoms with E-state index in [1.54, 1.807) is 24.3 Å². The predicted molar refractivity (Wildman–Crippen MR) is 129 cm³/mol. The molecule has 2 N–H and O–H groups in total. The number of amides is 1. The lowest BCUT2D eigenvalue weighted by Gasteiger charge is -2.32. The average molecular weight is 467 g/mol. The van der Waals surface area contributed by atoms with Crippen molar-refractivity contribution in [2.75, 3.05) is 19.6 Å². The summed E-state index contributed by atoms with van der Waals surface area (Å²) in [6.45, 7) is 3.37. The fourth-order valence-corrected chi connectivity index (χ4v) is 4.33. The molecule has 0 spiro atoms. The summed E-state index contributed by atoms with van der Waals surface area (Å²) in [6, 6.07) is 17.4. The van der Waals surface area contributed by atoms with Gasteiger partial charge in [-0.2, -0.15) is 0 Å². The van der Waals surface area contributed by atoms with Crippen LogP contribution in [0.2, 0.25) is 5.02 Å². The van der Waals surface area contributed by atoms with E-state index in [4.69, 9.17) is 11.6 Å². The van der Waals surface area contributed by atoms with Gasteiger partial charge < -0.3 is 10.3 Å². The van der Waals surface area contributed by atoms with Crippen LogP contribution in [-0.2, 0) is 13.1 Å². The number of hydrogen-bond acceptors (Lipinski definition) is 4. The molecule has 0 bridgehead atoms. The molecule has 0 saturated carbocycles. The second-order valence-corrected chi connectivity index (χ2v) is 8.81. The van der Waals surface area contributed by atoms with Gasteiger partial charge in [-0.1, -0.05) is 60.1 Å². The minimum Gasteiger partial charge on any atom is -0.352 e. The largest absolute Gasteiger partial charge is 0.352 e. The Bertz CT molecular complexity index is 1210. The van der Waals surface area contributed by atoms with E-state index in [1.165, 1.54) is 11.8 Å². The molecule has 2 aromatic carbocycles. The molecule has 0 atom stereocenters. The highest BCUT2D eigenvalue weighted by Crippen LogP contribution is 2.18. The first kappa shape index (κ1) is 23.0. The standard InChI is InChI=1S/C25H27ClN4O3/c26-22-9-5-4-8-20(22)17-30-24(32)21(15-28-25(30)33)23(31)27-14-18-10-12-29(13-11-18)16-19-6-2-1-3-7-19/h1-9,15,18H,10-14,16-17H2,(H,27,31)(H,28,33). The van der Waals surface area contributed by atoms with Crippen LogP contribution in [0.4, 0.5) is 0 Å². The Balaban J connectivity index is 1.34. The summed E-state index contributed by atoms with van der Waals surface area (Å²) in [6.07, 6.45) is 3.15. The third-order valence-electron chi connectivity index (χ3n) is 6.10. The number of rotatable bonds is 7. The van der Waals surface area contributed by atoms with Crippen LogP contribution in [-0.4, -0.2) is 40.0 Å². The van der Waals surface area contributed by atoms with Crippen molar-refractivity contribution in [2.24, 2.45) is 5.92 Å². The molecule has 1 fully saturated rings. The monoisotopic (exact) mass is 466 g/mol. The van der Waals surface area contributed by atoms with Gasteiger partial charge in [-0.3, -0.25) is 19.1 Å². The number of benzene rings is 2. The molecule has 33 heavy (non-hydrogen) atoms. The molecule has 1 aromatic heterocycles. The maximum Gasteiger partial charge on any atom is 0.328 e. The molecular formula is C25H27ClN4O3. The molecule has 1 amide bonds. The van der Waals surface area contributed by atoms with Crippen LogP contribution in [0.3, 0.4) is 0 Å². The molecule has 0 unspecified atom stereocenters. The predicted octanol–water partition coefficient (Wildman–Crippen LogP) is 2.88. The summed E-state index contributed by atoms with van der Waals surface area (Å²) in [4.78, 5) is 42.7. The average Bonchev–Trinajstić information content (AvgIpc) is 2.83. The van der Waals surface area contributed by atoms with Crippen LogP contribution in [0.15, 0.2) is 70.4 Å². The van der Waals surface area contributed by atoms with Crippen molar-refractivity contribution in [3.8, 4) is 0 Å². The fourth-order valence-electron chi connectivity index (χ4n) is 4.14. The fraction of sp³-hybridized carbons (Fsp3) is 0.320. The lowest BCUT2D eigenvalue weighted by atomic mass is 9.96. The van der Waals surface area contributed by atoms with Gasteiger partial charge in [0.25, 0.3) is 11.5 Å². The molecule has 0 aliphatic carbocycles. The van der Waals surface area contributed by atoms with E-state index in [0.717, 1.165) is 37.0 Å². The van der Waals surface area contributed by atoms with Crippen molar-refractivity contribution in [1.82, 2.24) is 19.8 Å². The minimum atomic E-state index is -0.631. The second-order valence-electron chi connectivity index (χ2n) is 8.41. The molecule has 8 heteroatoms. The lowest BCUT2D eigenvalue weighted by molar-refractivity contribution is 0.0932. The van der Waals surface area contributed by atoms with E-state index < -0.39 is 17.2 Å². The Hall–Kier alpha value is -3.16. The first-order chi connectivity index (χ1) is 16.0. The van der Waals surface area contributed by atoms with Crippen LogP contribution in [0.5, 0.6) is 0 Å². The summed E-state index contributed by atoms with van der Waals surface area (Å²) in [7, 11) is 0. The number of aromatic nitrogens is 2. The maximum atomic E-state index is 12.8. The number of carbonyl (C=O) groups excluding carboxylic acids is 1. The highest BCUT2D eigenvalue weighted by Gasteiger charge is 2.21. The molecule has 1 aliphatic rings. The van der Waals surface area contributed by atoms with E-state index in [2.05, 4.69) is 39.5 Å². The molecule has 1 aliphatic heterocycles. The van der Waals surface area contributed by atoms with E-state index in [1.807, 2.05) is 6.07 Å². The maximum absolute atomic E-state index is 12.8. The zero-order chi connectivity index (χ0) is 23.2. The molecule has 0 radical (unpaired) electrons. The number of nitrogens with zero attached hydrogens (tertiary/aromatic N) is 2. The third kappa shape index (κ3) is 5.80. The summed E-state index contributed by atoms with van der Waals surface area (Å²) in [5.41, 5.74) is 0.640. The van der Waals surface area contributed by atoms with Gasteiger partial charge >= 0.3 is 5.69 Å². The highest BCUT2D eigenvalue weighted by atomic mass is 35.5. The number of nitrogens with one attached hydrogen (secondary N) is 2. The topological polar surface area (TPSA) is 87.2 Å². The van der Waals surface area contributed by atoms with Crippen LogP contribution in [0.1, 0.15) is 34.3 Å². The first-order valence-electron chi connectivity index (χ1n) is 11.1. The van der Waals surface area contributed by atoms with Gasteiger partial charge in [0.1, 0.15) is 5.56 Å². The number of H-pyrrole nitrogens is 1. The zero-order valence-electron chi connectivity index (χ0n) is 18.3. The van der Waals surface area contributed by atoms with Gasteiger partial charge in [0.2, 0.25) is 0 Å². The number of carbonyl (C=O) groups is 1. The number of halogens is 1. The van der Waals surface area contributed by atoms with Crippen LogP contribution >= 0.6 is 11.6 Å². The van der Waals surface area contributed by atoms with Crippen molar-refractivity contribution in [3.05, 3.63) is 103 Å². The molecule has 3 aromatic rings. The molecule has 2 heterocycles. The second kappa shape index (κ2) is 10.6. The summed E-state index contributed by atoms with van der Waals surface area (Å²) < 4.78 is 0.998. The number of piperidine rings is 1. The van der Waals surface area contributed by atoms with Crippen molar-refractivity contribution < 1.29 is 4.79 Å². The van der Waals surface area contributed by atoms with Gasteiger partial charge in [-0.05, 0) is 49.0 Å².